The minimum atomic E-state index is -4.49. The number of benzene rings is 3. The Morgan fingerprint density at radius 3 is 2.42 bits per heavy atom. The minimum absolute atomic E-state index is 0. The molecule has 0 saturated carbocycles. The van der Waals surface area contributed by atoms with Crippen LogP contribution in [0.3, 0.4) is 0 Å². The summed E-state index contributed by atoms with van der Waals surface area (Å²) in [5.41, 5.74) is 6.59. The number of carbonyl (C=O) groups is 1. The summed E-state index contributed by atoms with van der Waals surface area (Å²) in [4.78, 5) is 12.0. The fourth-order valence-corrected chi connectivity index (χ4v) is 3.25. The number of aromatic hydroxyl groups is 1. The summed E-state index contributed by atoms with van der Waals surface area (Å²) in [5, 5.41) is 12.9. The third-order valence-corrected chi connectivity index (χ3v) is 4.57. The summed E-state index contributed by atoms with van der Waals surface area (Å²) in [6, 6.07) is 13.0. The van der Waals surface area contributed by atoms with Crippen molar-refractivity contribution in [1.29, 1.82) is 0 Å². The molecule has 0 spiro atoms. The van der Waals surface area contributed by atoms with Crippen molar-refractivity contribution < 1.29 is 53.9 Å². The molecule has 0 aliphatic heterocycles. The molecular formula is C17H15N2NaO5S. The molecule has 7 nitrogen and oxygen atoms in total. The molecule has 0 fully saturated rings. The number of fused-ring (bicyclic) bond motifs is 1. The summed E-state index contributed by atoms with van der Waals surface area (Å²) >= 11 is 0. The minimum Gasteiger partial charge on any atom is -1.00 e. The second kappa shape index (κ2) is 7.65. The van der Waals surface area contributed by atoms with Gasteiger partial charge in [0.05, 0.1) is 5.69 Å². The standard InChI is InChI=1S/C17H14N2O5S.Na.H/c18-11-4-1-3-10(9-11)17(21)19-13-7-8-15(25(22,23)24)12-5-2-6-14(20)16(12)13;;/h1-9,20H,18H2,(H,19,21)(H,22,23,24);;/q;+1;-1. The molecule has 1 amide bonds. The zero-order valence-corrected chi connectivity index (χ0v) is 16.6. The monoisotopic (exact) mass is 382 g/mol. The van der Waals surface area contributed by atoms with Gasteiger partial charge in [-0.2, -0.15) is 8.42 Å². The Morgan fingerprint density at radius 1 is 1.08 bits per heavy atom. The molecular weight excluding hydrogens is 367 g/mol. The summed E-state index contributed by atoms with van der Waals surface area (Å²) < 4.78 is 32.4. The Hall–Kier alpha value is -2.10. The van der Waals surface area contributed by atoms with Gasteiger partial charge < -0.3 is 17.6 Å². The second-order valence-electron chi connectivity index (χ2n) is 5.37. The molecule has 0 atom stereocenters. The van der Waals surface area contributed by atoms with Crippen molar-refractivity contribution in [2.45, 2.75) is 4.90 Å². The fraction of sp³-hybridized carbons (Fsp3) is 0. The van der Waals surface area contributed by atoms with Crippen LogP contribution in [0, 0.1) is 0 Å². The van der Waals surface area contributed by atoms with E-state index in [0.29, 0.717) is 11.3 Å². The van der Waals surface area contributed by atoms with Crippen LogP contribution in [0.1, 0.15) is 11.8 Å². The molecule has 0 saturated heterocycles. The van der Waals surface area contributed by atoms with Crippen molar-refractivity contribution in [3.63, 3.8) is 0 Å². The Balaban J connectivity index is 0.00000182. The first-order chi connectivity index (χ1) is 11.8. The maximum absolute atomic E-state index is 12.4. The van der Waals surface area contributed by atoms with Crippen LogP contribution in [0.5, 0.6) is 5.75 Å². The van der Waals surface area contributed by atoms with E-state index in [1.807, 2.05) is 0 Å². The molecule has 3 aromatic carbocycles. The number of rotatable bonds is 3. The van der Waals surface area contributed by atoms with Crippen LogP contribution in [-0.2, 0) is 10.1 Å². The third-order valence-electron chi connectivity index (χ3n) is 3.65. The molecule has 9 heteroatoms. The van der Waals surface area contributed by atoms with Crippen LogP contribution in [0.25, 0.3) is 10.8 Å². The van der Waals surface area contributed by atoms with Crippen molar-refractivity contribution in [3.8, 4) is 5.75 Å². The Bertz CT molecular complexity index is 1110. The maximum Gasteiger partial charge on any atom is 1.00 e. The number of carbonyl (C=O) groups excluding carboxylic acids is 1. The van der Waals surface area contributed by atoms with E-state index in [4.69, 9.17) is 5.73 Å². The van der Waals surface area contributed by atoms with Crippen LogP contribution in [0.2, 0.25) is 0 Å². The van der Waals surface area contributed by atoms with Gasteiger partial charge in [-0.1, -0.05) is 18.2 Å². The van der Waals surface area contributed by atoms with Gasteiger partial charge in [-0.3, -0.25) is 9.35 Å². The maximum atomic E-state index is 12.4. The van der Waals surface area contributed by atoms with Gasteiger partial charge in [0, 0.05) is 22.0 Å². The normalized spacial score (nSPS) is 11.0. The Morgan fingerprint density at radius 2 is 1.77 bits per heavy atom. The van der Waals surface area contributed by atoms with E-state index in [1.54, 1.807) is 18.2 Å². The molecule has 5 N–H and O–H groups in total. The molecule has 3 aromatic rings. The number of anilines is 2. The largest absolute Gasteiger partial charge is 1.00 e. The topological polar surface area (TPSA) is 130 Å². The van der Waals surface area contributed by atoms with E-state index in [1.165, 1.54) is 30.3 Å². The molecule has 0 radical (unpaired) electrons. The number of amides is 1. The SMILES string of the molecule is Nc1cccc(C(=O)Nc2ccc(S(=O)(=O)O)c3cccc(O)c23)c1.[H-].[Na+]. The average Bonchev–Trinajstić information content (AvgIpc) is 2.54. The predicted molar refractivity (Wildman–Crippen MR) is 95.3 cm³/mol. The number of hydrogen-bond acceptors (Lipinski definition) is 5. The molecule has 0 unspecified atom stereocenters. The van der Waals surface area contributed by atoms with E-state index >= 15 is 0 Å². The summed E-state index contributed by atoms with van der Waals surface area (Å²) in [6.07, 6.45) is 0. The number of nitrogens with two attached hydrogens (primary N) is 1. The fourth-order valence-electron chi connectivity index (χ4n) is 2.56. The first-order valence-corrected chi connectivity index (χ1v) is 8.60. The van der Waals surface area contributed by atoms with Crippen LogP contribution in [-0.4, -0.2) is 24.0 Å². The van der Waals surface area contributed by atoms with Gasteiger partial charge in [-0.25, -0.2) is 0 Å². The summed E-state index contributed by atoms with van der Waals surface area (Å²) in [6.45, 7) is 0. The van der Waals surface area contributed by atoms with E-state index in [9.17, 15) is 22.9 Å². The zero-order chi connectivity index (χ0) is 18.2. The van der Waals surface area contributed by atoms with Crippen molar-refractivity contribution in [2.24, 2.45) is 0 Å². The molecule has 0 aromatic heterocycles. The third kappa shape index (κ3) is 4.00. The van der Waals surface area contributed by atoms with Gasteiger partial charge in [0.2, 0.25) is 0 Å². The zero-order valence-electron chi connectivity index (χ0n) is 14.8. The molecule has 3 rings (SSSR count). The van der Waals surface area contributed by atoms with E-state index < -0.39 is 16.0 Å². The van der Waals surface area contributed by atoms with Gasteiger partial charge in [-0.15, -0.1) is 0 Å². The summed E-state index contributed by atoms with van der Waals surface area (Å²) in [5.74, 6) is -0.706. The van der Waals surface area contributed by atoms with Gasteiger partial charge in [0.1, 0.15) is 10.6 Å². The second-order valence-corrected chi connectivity index (χ2v) is 6.76. The molecule has 0 heterocycles. The molecule has 0 aliphatic carbocycles. The molecule has 26 heavy (non-hydrogen) atoms. The van der Waals surface area contributed by atoms with Crippen LogP contribution >= 0.6 is 0 Å². The number of phenolic OH excluding ortho intramolecular Hbond substituents is 1. The first kappa shape index (κ1) is 20.2. The molecule has 0 aliphatic rings. The Labute approximate surface area is 173 Å². The molecule has 0 bridgehead atoms. The number of hydrogen-bond donors (Lipinski definition) is 4. The van der Waals surface area contributed by atoms with Crippen LogP contribution in [0.4, 0.5) is 11.4 Å². The smallest absolute Gasteiger partial charge is 1.00 e. The number of nitrogen functional groups attached to an aromatic ring is 1. The number of nitrogens with one attached hydrogen (secondary N) is 1. The van der Waals surface area contributed by atoms with Crippen molar-refractivity contribution >= 4 is 38.2 Å². The van der Waals surface area contributed by atoms with Crippen LogP contribution < -0.4 is 40.6 Å². The van der Waals surface area contributed by atoms with Gasteiger partial charge >= 0.3 is 29.6 Å². The average molecular weight is 382 g/mol. The van der Waals surface area contributed by atoms with Crippen LogP contribution in [0.15, 0.2) is 59.5 Å². The van der Waals surface area contributed by atoms with E-state index in [0.717, 1.165) is 6.07 Å². The van der Waals surface area contributed by atoms with Crippen molar-refractivity contribution in [2.75, 3.05) is 11.1 Å². The predicted octanol–water partition coefficient (Wildman–Crippen LogP) is -0.257. The van der Waals surface area contributed by atoms with E-state index in [2.05, 4.69) is 5.32 Å². The van der Waals surface area contributed by atoms with Gasteiger partial charge in [0.25, 0.3) is 16.0 Å². The van der Waals surface area contributed by atoms with E-state index in [-0.39, 0.29) is 58.1 Å². The Kier molecular flexibility index (Phi) is 5.94. The first-order valence-electron chi connectivity index (χ1n) is 7.16. The van der Waals surface area contributed by atoms with Crippen molar-refractivity contribution in [3.05, 3.63) is 60.2 Å². The van der Waals surface area contributed by atoms with Gasteiger partial charge in [-0.05, 0) is 36.4 Å². The van der Waals surface area contributed by atoms with Gasteiger partial charge in [0.15, 0.2) is 0 Å². The number of phenols is 1. The van der Waals surface area contributed by atoms with Crippen molar-refractivity contribution in [1.82, 2.24) is 0 Å². The molecule has 130 valence electrons. The summed E-state index contributed by atoms with van der Waals surface area (Å²) in [7, 11) is -4.49. The quantitative estimate of drug-likeness (QED) is 0.281.